The molecule has 0 saturated heterocycles. The Morgan fingerprint density at radius 1 is 1.24 bits per heavy atom. The lowest BCUT2D eigenvalue weighted by Gasteiger charge is -2.09. The van der Waals surface area contributed by atoms with Gasteiger partial charge >= 0.3 is 0 Å². The van der Waals surface area contributed by atoms with Crippen LogP contribution in [-0.2, 0) is 4.79 Å². The van der Waals surface area contributed by atoms with E-state index in [2.05, 4.69) is 10.6 Å². The molecular formula is C18H19ClN2O3S. The SMILES string of the molecule is CCCOc1ccc(NC(=O)c2ccc(NC(=O)C3CC3)s2)cc1Cl. The summed E-state index contributed by atoms with van der Waals surface area (Å²) in [6.45, 7) is 2.61. The van der Waals surface area contributed by atoms with Gasteiger partial charge in [0.15, 0.2) is 0 Å². The highest BCUT2D eigenvalue weighted by atomic mass is 35.5. The van der Waals surface area contributed by atoms with E-state index in [0.29, 0.717) is 32.9 Å². The molecule has 5 nitrogen and oxygen atoms in total. The van der Waals surface area contributed by atoms with Crippen LogP contribution < -0.4 is 15.4 Å². The zero-order valence-electron chi connectivity index (χ0n) is 13.8. The average molecular weight is 379 g/mol. The lowest BCUT2D eigenvalue weighted by molar-refractivity contribution is -0.117. The van der Waals surface area contributed by atoms with E-state index in [-0.39, 0.29) is 17.7 Å². The molecule has 132 valence electrons. The Balaban J connectivity index is 1.61. The second kappa shape index (κ2) is 7.89. The minimum atomic E-state index is -0.241. The Kier molecular flexibility index (Phi) is 5.60. The van der Waals surface area contributed by atoms with Crippen molar-refractivity contribution in [1.82, 2.24) is 0 Å². The van der Waals surface area contributed by atoms with Gasteiger partial charge in [-0.25, -0.2) is 0 Å². The van der Waals surface area contributed by atoms with Gasteiger partial charge in [0.05, 0.1) is 21.5 Å². The molecular weight excluding hydrogens is 360 g/mol. The minimum Gasteiger partial charge on any atom is -0.492 e. The molecule has 7 heteroatoms. The smallest absolute Gasteiger partial charge is 0.265 e. The summed E-state index contributed by atoms with van der Waals surface area (Å²) in [4.78, 5) is 24.6. The zero-order valence-corrected chi connectivity index (χ0v) is 15.4. The third-order valence-corrected chi connectivity index (χ3v) is 4.97. The fraction of sp³-hybridized carbons (Fsp3) is 0.333. The molecule has 1 heterocycles. The number of ether oxygens (including phenoxy) is 1. The molecule has 2 N–H and O–H groups in total. The van der Waals surface area contributed by atoms with Crippen molar-refractivity contribution in [1.29, 1.82) is 0 Å². The van der Waals surface area contributed by atoms with Crippen LogP contribution in [0.5, 0.6) is 5.75 Å². The first-order chi connectivity index (χ1) is 12.1. The van der Waals surface area contributed by atoms with E-state index in [1.807, 2.05) is 6.92 Å². The fourth-order valence-electron chi connectivity index (χ4n) is 2.20. The van der Waals surface area contributed by atoms with Crippen molar-refractivity contribution in [2.75, 3.05) is 17.2 Å². The Bertz CT molecular complexity index is 786. The van der Waals surface area contributed by atoms with Crippen molar-refractivity contribution >= 4 is 45.4 Å². The van der Waals surface area contributed by atoms with Crippen LogP contribution in [0.3, 0.4) is 0 Å². The molecule has 1 aliphatic carbocycles. The van der Waals surface area contributed by atoms with Crippen molar-refractivity contribution in [3.63, 3.8) is 0 Å². The summed E-state index contributed by atoms with van der Waals surface area (Å²) in [6.07, 6.45) is 2.79. The first-order valence-corrected chi connectivity index (χ1v) is 9.40. The molecule has 0 aliphatic heterocycles. The summed E-state index contributed by atoms with van der Waals surface area (Å²) >= 11 is 7.42. The van der Waals surface area contributed by atoms with Gasteiger partial charge in [0.25, 0.3) is 5.91 Å². The molecule has 2 amide bonds. The number of amides is 2. The third kappa shape index (κ3) is 4.74. The first kappa shape index (κ1) is 17.8. The van der Waals surface area contributed by atoms with Crippen molar-refractivity contribution in [2.24, 2.45) is 5.92 Å². The highest BCUT2D eigenvalue weighted by molar-refractivity contribution is 7.18. The van der Waals surface area contributed by atoms with Gasteiger partial charge in [-0.3, -0.25) is 9.59 Å². The standard InChI is InChI=1S/C18H19ClN2O3S/c1-2-9-24-14-6-5-12(10-13(14)19)20-18(23)15-7-8-16(25-15)21-17(22)11-3-4-11/h5-8,10-11H,2-4,9H2,1H3,(H,20,23)(H,21,22). The molecule has 0 unspecified atom stereocenters. The van der Waals surface area contributed by atoms with Gasteiger partial charge in [0.1, 0.15) is 5.75 Å². The monoisotopic (exact) mass is 378 g/mol. The Morgan fingerprint density at radius 3 is 2.72 bits per heavy atom. The van der Waals surface area contributed by atoms with Crippen LogP contribution in [0.1, 0.15) is 35.9 Å². The Labute approximate surface area is 155 Å². The predicted octanol–water partition coefficient (Wildman–Crippen LogP) is 4.79. The molecule has 0 spiro atoms. The maximum Gasteiger partial charge on any atom is 0.265 e. The molecule has 1 aromatic heterocycles. The molecule has 1 aliphatic rings. The average Bonchev–Trinajstić information content (AvgIpc) is 3.34. The van der Waals surface area contributed by atoms with Crippen LogP contribution in [0.4, 0.5) is 10.7 Å². The summed E-state index contributed by atoms with van der Waals surface area (Å²) in [7, 11) is 0. The molecule has 1 fully saturated rings. The van der Waals surface area contributed by atoms with E-state index in [4.69, 9.17) is 16.3 Å². The quantitative estimate of drug-likeness (QED) is 0.727. The van der Waals surface area contributed by atoms with Crippen LogP contribution in [-0.4, -0.2) is 18.4 Å². The molecule has 25 heavy (non-hydrogen) atoms. The van der Waals surface area contributed by atoms with Gasteiger partial charge in [-0.15, -0.1) is 11.3 Å². The van der Waals surface area contributed by atoms with Gasteiger partial charge in [0.2, 0.25) is 5.91 Å². The Hall–Kier alpha value is -2.05. The maximum absolute atomic E-state index is 12.3. The number of halogens is 1. The van der Waals surface area contributed by atoms with E-state index < -0.39 is 0 Å². The molecule has 1 aromatic carbocycles. The lowest BCUT2D eigenvalue weighted by Crippen LogP contribution is -2.12. The first-order valence-electron chi connectivity index (χ1n) is 8.21. The van der Waals surface area contributed by atoms with Gasteiger partial charge in [0, 0.05) is 11.6 Å². The predicted molar refractivity (Wildman–Crippen MR) is 101 cm³/mol. The normalized spacial score (nSPS) is 13.4. The molecule has 0 bridgehead atoms. The largest absolute Gasteiger partial charge is 0.492 e. The highest BCUT2D eigenvalue weighted by Crippen LogP contribution is 2.32. The van der Waals surface area contributed by atoms with Crippen molar-refractivity contribution in [3.8, 4) is 5.75 Å². The topological polar surface area (TPSA) is 67.4 Å². The van der Waals surface area contributed by atoms with E-state index in [1.54, 1.807) is 30.3 Å². The van der Waals surface area contributed by atoms with E-state index in [1.165, 1.54) is 11.3 Å². The van der Waals surface area contributed by atoms with Gasteiger partial charge in [-0.05, 0) is 49.6 Å². The summed E-state index contributed by atoms with van der Waals surface area (Å²) in [6, 6.07) is 8.59. The lowest BCUT2D eigenvalue weighted by atomic mass is 10.3. The Morgan fingerprint density at radius 2 is 2.04 bits per heavy atom. The summed E-state index contributed by atoms with van der Waals surface area (Å²) in [5.41, 5.74) is 0.593. The van der Waals surface area contributed by atoms with Crippen LogP contribution in [0, 0.1) is 5.92 Å². The van der Waals surface area contributed by atoms with E-state index >= 15 is 0 Å². The second-order valence-corrected chi connectivity index (χ2v) is 7.37. The second-order valence-electron chi connectivity index (χ2n) is 5.88. The van der Waals surface area contributed by atoms with E-state index in [9.17, 15) is 9.59 Å². The minimum absolute atomic E-state index is 0.0308. The number of carbonyl (C=O) groups excluding carboxylic acids is 2. The molecule has 2 aromatic rings. The van der Waals surface area contributed by atoms with Crippen LogP contribution in [0.15, 0.2) is 30.3 Å². The molecule has 0 atom stereocenters. The van der Waals surface area contributed by atoms with Crippen LogP contribution in [0.2, 0.25) is 5.02 Å². The van der Waals surface area contributed by atoms with Crippen LogP contribution >= 0.6 is 22.9 Å². The third-order valence-electron chi connectivity index (χ3n) is 3.68. The number of carbonyl (C=O) groups is 2. The number of nitrogens with one attached hydrogen (secondary N) is 2. The highest BCUT2D eigenvalue weighted by Gasteiger charge is 2.29. The number of benzene rings is 1. The van der Waals surface area contributed by atoms with E-state index in [0.717, 1.165) is 19.3 Å². The molecule has 0 radical (unpaired) electrons. The van der Waals surface area contributed by atoms with Crippen molar-refractivity contribution in [3.05, 3.63) is 40.2 Å². The zero-order chi connectivity index (χ0) is 17.8. The molecule has 3 rings (SSSR count). The van der Waals surface area contributed by atoms with Crippen molar-refractivity contribution in [2.45, 2.75) is 26.2 Å². The summed E-state index contributed by atoms with van der Waals surface area (Å²) < 4.78 is 5.51. The maximum atomic E-state index is 12.3. The van der Waals surface area contributed by atoms with Crippen LogP contribution in [0.25, 0.3) is 0 Å². The molecule has 1 saturated carbocycles. The number of rotatable bonds is 7. The van der Waals surface area contributed by atoms with Gasteiger partial charge < -0.3 is 15.4 Å². The number of hydrogen-bond acceptors (Lipinski definition) is 4. The summed E-state index contributed by atoms with van der Waals surface area (Å²) in [5.74, 6) is 0.524. The number of hydrogen-bond donors (Lipinski definition) is 2. The van der Waals surface area contributed by atoms with Gasteiger partial charge in [-0.2, -0.15) is 0 Å². The summed E-state index contributed by atoms with van der Waals surface area (Å²) in [5, 5.41) is 6.78. The van der Waals surface area contributed by atoms with Gasteiger partial charge in [-0.1, -0.05) is 18.5 Å². The van der Waals surface area contributed by atoms with Crippen molar-refractivity contribution < 1.29 is 14.3 Å². The fourth-order valence-corrected chi connectivity index (χ4v) is 3.24. The number of anilines is 2. The number of thiophene rings is 1.